The van der Waals surface area contributed by atoms with Gasteiger partial charge in [0.2, 0.25) is 0 Å². The number of rotatable bonds is 8. The van der Waals surface area contributed by atoms with Crippen LogP contribution in [0.15, 0.2) is 18.2 Å². The fourth-order valence-corrected chi connectivity index (χ4v) is 1.63. The Labute approximate surface area is 121 Å². The van der Waals surface area contributed by atoms with Gasteiger partial charge in [0.25, 0.3) is 0 Å². The number of alkyl halides is 3. The van der Waals surface area contributed by atoms with E-state index in [-0.39, 0.29) is 12.4 Å². The van der Waals surface area contributed by atoms with Crippen LogP contribution in [0, 0.1) is 11.7 Å². The normalized spacial score (nSPS) is 12.0. The molecule has 1 aromatic rings. The zero-order chi connectivity index (χ0) is 15.9. The van der Waals surface area contributed by atoms with Crippen molar-refractivity contribution in [2.75, 3.05) is 19.8 Å². The zero-order valence-corrected chi connectivity index (χ0v) is 12.0. The van der Waals surface area contributed by atoms with Gasteiger partial charge in [0.1, 0.15) is 18.2 Å². The van der Waals surface area contributed by atoms with Crippen LogP contribution in [0.1, 0.15) is 19.4 Å². The molecule has 0 aliphatic heterocycles. The van der Waals surface area contributed by atoms with Crippen LogP contribution in [-0.4, -0.2) is 26.1 Å². The molecule has 0 aliphatic rings. The molecule has 0 unspecified atom stereocenters. The molecule has 0 amide bonds. The van der Waals surface area contributed by atoms with Crippen molar-refractivity contribution in [1.82, 2.24) is 5.32 Å². The van der Waals surface area contributed by atoms with Gasteiger partial charge in [0, 0.05) is 12.6 Å². The van der Waals surface area contributed by atoms with Crippen LogP contribution in [0.25, 0.3) is 0 Å². The van der Waals surface area contributed by atoms with Gasteiger partial charge >= 0.3 is 6.36 Å². The first-order valence-electron chi connectivity index (χ1n) is 6.60. The lowest BCUT2D eigenvalue weighted by molar-refractivity contribution is -0.325. The van der Waals surface area contributed by atoms with Gasteiger partial charge < -0.3 is 10.1 Å². The Morgan fingerprint density at radius 1 is 1.14 bits per heavy atom. The average Bonchev–Trinajstić information content (AvgIpc) is 2.32. The predicted octanol–water partition coefficient (Wildman–Crippen LogP) is 3.49. The Hall–Kier alpha value is -1.34. The number of benzene rings is 1. The van der Waals surface area contributed by atoms with Crippen LogP contribution in [0.4, 0.5) is 17.6 Å². The van der Waals surface area contributed by atoms with Crippen molar-refractivity contribution in [1.29, 1.82) is 0 Å². The maximum Gasteiger partial charge on any atom is 0.522 e. The number of halogens is 4. The SMILES string of the molecule is CC(C)CNCc1cc(F)cc(OCCOC(F)(F)F)c1. The Balaban J connectivity index is 2.45. The van der Waals surface area contributed by atoms with Gasteiger partial charge in [-0.15, -0.1) is 13.2 Å². The summed E-state index contributed by atoms with van der Waals surface area (Å²) in [7, 11) is 0. The first kappa shape index (κ1) is 17.7. The summed E-state index contributed by atoms with van der Waals surface area (Å²) >= 11 is 0. The third kappa shape index (κ3) is 8.52. The molecule has 0 spiro atoms. The van der Waals surface area contributed by atoms with E-state index < -0.39 is 18.8 Å². The highest BCUT2D eigenvalue weighted by Crippen LogP contribution is 2.18. The van der Waals surface area contributed by atoms with Crippen LogP contribution < -0.4 is 10.1 Å². The lowest BCUT2D eigenvalue weighted by atomic mass is 10.2. The van der Waals surface area contributed by atoms with Crippen LogP contribution in [0.3, 0.4) is 0 Å². The summed E-state index contributed by atoms with van der Waals surface area (Å²) in [6, 6.07) is 4.07. The van der Waals surface area contributed by atoms with E-state index in [4.69, 9.17) is 4.74 Å². The smallest absolute Gasteiger partial charge is 0.491 e. The van der Waals surface area contributed by atoms with Crippen molar-refractivity contribution in [3.63, 3.8) is 0 Å². The summed E-state index contributed by atoms with van der Waals surface area (Å²) in [4.78, 5) is 0. The van der Waals surface area contributed by atoms with E-state index in [9.17, 15) is 17.6 Å². The second kappa shape index (κ2) is 8.19. The van der Waals surface area contributed by atoms with E-state index in [1.807, 2.05) is 13.8 Å². The number of ether oxygens (including phenoxy) is 2. The van der Waals surface area contributed by atoms with Crippen LogP contribution >= 0.6 is 0 Å². The lowest BCUT2D eigenvalue weighted by Crippen LogP contribution is -2.19. The number of nitrogens with one attached hydrogen (secondary N) is 1. The first-order valence-corrected chi connectivity index (χ1v) is 6.60. The first-order chi connectivity index (χ1) is 9.76. The largest absolute Gasteiger partial charge is 0.522 e. The molecule has 0 saturated heterocycles. The molecule has 120 valence electrons. The molecule has 0 atom stereocenters. The third-order valence-electron chi connectivity index (χ3n) is 2.43. The zero-order valence-electron chi connectivity index (χ0n) is 12.0. The van der Waals surface area contributed by atoms with Gasteiger partial charge in [0.15, 0.2) is 0 Å². The molecule has 0 heterocycles. The van der Waals surface area contributed by atoms with Gasteiger partial charge in [-0.05, 0) is 30.2 Å². The van der Waals surface area contributed by atoms with Crippen LogP contribution in [0.5, 0.6) is 5.75 Å². The second-order valence-corrected chi connectivity index (χ2v) is 4.96. The Morgan fingerprint density at radius 2 is 1.86 bits per heavy atom. The van der Waals surface area contributed by atoms with E-state index in [0.29, 0.717) is 18.0 Å². The lowest BCUT2D eigenvalue weighted by Gasteiger charge is -2.11. The maximum absolute atomic E-state index is 13.4. The molecule has 0 saturated carbocycles. The predicted molar refractivity (Wildman–Crippen MR) is 70.4 cm³/mol. The molecule has 1 N–H and O–H groups in total. The standard InChI is InChI=1S/C14H19F4NO2/c1-10(2)8-19-9-11-5-12(15)7-13(6-11)20-3-4-21-14(16,17)18/h5-7,10,19H,3-4,8-9H2,1-2H3. The van der Waals surface area contributed by atoms with Gasteiger partial charge in [0.05, 0.1) is 6.61 Å². The van der Waals surface area contributed by atoms with Crippen molar-refractivity contribution in [3.8, 4) is 5.75 Å². The van der Waals surface area contributed by atoms with E-state index in [2.05, 4.69) is 10.1 Å². The Kier molecular flexibility index (Phi) is 6.91. The Morgan fingerprint density at radius 3 is 2.48 bits per heavy atom. The molecule has 7 heteroatoms. The van der Waals surface area contributed by atoms with E-state index in [0.717, 1.165) is 12.6 Å². The minimum absolute atomic E-state index is 0.183. The summed E-state index contributed by atoms with van der Waals surface area (Å²) in [5.41, 5.74) is 0.669. The molecule has 1 aromatic carbocycles. The molecule has 3 nitrogen and oxygen atoms in total. The van der Waals surface area contributed by atoms with E-state index >= 15 is 0 Å². The van der Waals surface area contributed by atoms with Crippen molar-refractivity contribution >= 4 is 0 Å². The maximum atomic E-state index is 13.4. The third-order valence-corrected chi connectivity index (χ3v) is 2.43. The Bertz CT molecular complexity index is 435. The second-order valence-electron chi connectivity index (χ2n) is 4.96. The van der Waals surface area contributed by atoms with E-state index in [1.165, 1.54) is 6.07 Å². The molecule has 1 rings (SSSR count). The van der Waals surface area contributed by atoms with E-state index in [1.54, 1.807) is 6.07 Å². The van der Waals surface area contributed by atoms with Crippen molar-refractivity contribution in [2.24, 2.45) is 5.92 Å². The molecular weight excluding hydrogens is 290 g/mol. The summed E-state index contributed by atoms with van der Waals surface area (Å²) in [5, 5.41) is 3.15. The summed E-state index contributed by atoms with van der Waals surface area (Å²) in [5.74, 6) is 0.154. The highest BCUT2D eigenvalue weighted by molar-refractivity contribution is 5.29. The van der Waals surface area contributed by atoms with Crippen molar-refractivity contribution in [3.05, 3.63) is 29.6 Å². The fourth-order valence-electron chi connectivity index (χ4n) is 1.63. The van der Waals surface area contributed by atoms with Crippen LogP contribution in [-0.2, 0) is 11.3 Å². The molecule has 0 aliphatic carbocycles. The summed E-state index contributed by atoms with van der Waals surface area (Å²) < 4.78 is 57.3. The molecule has 0 aromatic heterocycles. The van der Waals surface area contributed by atoms with Crippen molar-refractivity contribution in [2.45, 2.75) is 26.8 Å². The van der Waals surface area contributed by atoms with Gasteiger partial charge in [-0.25, -0.2) is 4.39 Å². The fraction of sp³-hybridized carbons (Fsp3) is 0.571. The van der Waals surface area contributed by atoms with Gasteiger partial charge in [-0.2, -0.15) is 0 Å². The highest BCUT2D eigenvalue weighted by atomic mass is 19.4. The topological polar surface area (TPSA) is 30.5 Å². The average molecular weight is 309 g/mol. The van der Waals surface area contributed by atoms with Crippen molar-refractivity contribution < 1.29 is 27.0 Å². The molecular formula is C14H19F4NO2. The molecule has 0 fully saturated rings. The van der Waals surface area contributed by atoms with Gasteiger partial charge in [-0.1, -0.05) is 13.8 Å². The molecule has 0 radical (unpaired) electrons. The monoisotopic (exact) mass is 309 g/mol. The minimum Gasteiger partial charge on any atom is -0.491 e. The highest BCUT2D eigenvalue weighted by Gasteiger charge is 2.28. The minimum atomic E-state index is -4.68. The summed E-state index contributed by atoms with van der Waals surface area (Å²) in [6.07, 6.45) is -4.68. The van der Waals surface area contributed by atoms with Gasteiger partial charge in [-0.3, -0.25) is 4.74 Å². The number of hydrogen-bond donors (Lipinski definition) is 1. The quantitative estimate of drug-likeness (QED) is 0.589. The summed E-state index contributed by atoms with van der Waals surface area (Å²) in [6.45, 7) is 4.40. The molecule has 0 bridgehead atoms. The van der Waals surface area contributed by atoms with Crippen LogP contribution in [0.2, 0.25) is 0 Å². The number of hydrogen-bond acceptors (Lipinski definition) is 3. The molecule has 21 heavy (non-hydrogen) atoms.